The van der Waals surface area contributed by atoms with Crippen LogP contribution in [0.5, 0.6) is 11.5 Å². The Balaban J connectivity index is 1.27. The molecule has 0 radical (unpaired) electrons. The summed E-state index contributed by atoms with van der Waals surface area (Å²) in [6.45, 7) is 10.6. The fourth-order valence-electron chi connectivity index (χ4n) is 10.9. The number of nitrogens with one attached hydrogen (secondary N) is 1. The number of aliphatic hydroxyl groups excluding tert-OH is 2. The monoisotopic (exact) mass is 874 g/mol. The van der Waals surface area contributed by atoms with Crippen molar-refractivity contribution in [3.05, 3.63) is 108 Å². The van der Waals surface area contributed by atoms with E-state index in [0.717, 1.165) is 52.8 Å². The third-order valence-electron chi connectivity index (χ3n) is 14.1. The van der Waals surface area contributed by atoms with Crippen LogP contribution < -0.4 is 29.8 Å². The number of hydrogen-bond acceptors (Lipinski definition) is 9. The minimum absolute atomic E-state index is 0.0740. The Hall–Kier alpha value is -5.05. The normalized spacial score (nSPS) is 24.3. The summed E-state index contributed by atoms with van der Waals surface area (Å²) >= 11 is 0. The molecule has 2 fully saturated rings. The Morgan fingerprint density at radius 3 is 2.41 bits per heavy atom. The Bertz CT molecular complexity index is 2290. The molecule has 3 N–H and O–H groups in total. The maximum Gasteiger partial charge on any atom is 0.264 e. The summed E-state index contributed by atoms with van der Waals surface area (Å²) in [5, 5.41) is 24.3. The predicted molar refractivity (Wildman–Crippen MR) is 247 cm³/mol. The molecule has 1 unspecified atom stereocenters. The summed E-state index contributed by atoms with van der Waals surface area (Å²) in [5.74, 6) is 0.713. The smallest absolute Gasteiger partial charge is 0.264 e. The Morgan fingerprint density at radius 1 is 0.952 bits per heavy atom. The summed E-state index contributed by atoms with van der Waals surface area (Å²) in [5.41, 5.74) is 3.00. The van der Waals surface area contributed by atoms with Crippen LogP contribution in [0.25, 0.3) is 0 Å². The van der Waals surface area contributed by atoms with E-state index in [1.807, 2.05) is 90.7 Å². The zero-order chi connectivity index (χ0) is 44.5. The molecular weight excluding hydrogens is 813 g/mol. The van der Waals surface area contributed by atoms with Crippen molar-refractivity contribution in [2.45, 2.75) is 101 Å². The minimum atomic E-state index is -2.60. The van der Waals surface area contributed by atoms with Crippen LogP contribution >= 0.6 is 0 Å². The molecule has 4 aliphatic heterocycles. The average molecular weight is 875 g/mol. The SMILES string of the molecule is CCOc1ccc2c(c1)CC(NCCCCO)C(=O)N2c1ccc2c(c1)[C@@]1(O[C@H](CC(=O)N3CCC[C@H]3CO)[C@@H]([Si](C)(C)c3ccc(OC)cc3)[C@@H]1C)C(=O)N2Cc1ccccc1. The van der Waals surface area contributed by atoms with Gasteiger partial charge in [-0.2, -0.15) is 0 Å². The van der Waals surface area contributed by atoms with Crippen LogP contribution in [0, 0.1) is 5.92 Å². The molecule has 8 rings (SSSR count). The summed E-state index contributed by atoms with van der Waals surface area (Å²) in [6.07, 6.45) is 2.86. The predicted octanol–water partition coefficient (Wildman–Crippen LogP) is 6.18. The van der Waals surface area contributed by atoms with Crippen LogP contribution in [0.2, 0.25) is 18.6 Å². The maximum atomic E-state index is 15.7. The molecule has 1 spiro atoms. The molecule has 4 heterocycles. The topological polar surface area (TPSA) is 141 Å². The van der Waals surface area contributed by atoms with Crippen LogP contribution in [0.4, 0.5) is 17.1 Å². The molecule has 3 amide bonds. The van der Waals surface area contributed by atoms with E-state index in [4.69, 9.17) is 14.2 Å². The molecule has 63 heavy (non-hydrogen) atoms. The van der Waals surface area contributed by atoms with Crippen molar-refractivity contribution < 1.29 is 38.8 Å². The van der Waals surface area contributed by atoms with E-state index in [0.29, 0.717) is 56.0 Å². The van der Waals surface area contributed by atoms with E-state index in [-0.39, 0.29) is 54.9 Å². The van der Waals surface area contributed by atoms with Gasteiger partial charge in [0.05, 0.1) is 70.9 Å². The molecule has 4 aromatic carbocycles. The molecule has 4 aromatic rings. The minimum Gasteiger partial charge on any atom is -0.497 e. The highest BCUT2D eigenvalue weighted by Gasteiger charge is 2.66. The molecule has 13 heteroatoms. The Morgan fingerprint density at radius 2 is 1.70 bits per heavy atom. The number of nitrogens with zero attached hydrogens (tertiary/aromatic N) is 3. The van der Waals surface area contributed by atoms with Crippen LogP contribution in [0.15, 0.2) is 91.0 Å². The van der Waals surface area contributed by atoms with E-state index in [1.165, 1.54) is 0 Å². The lowest BCUT2D eigenvalue weighted by atomic mass is 9.82. The molecule has 12 nitrogen and oxygen atoms in total. The molecule has 0 saturated carbocycles. The van der Waals surface area contributed by atoms with Crippen LogP contribution in [-0.2, 0) is 37.7 Å². The van der Waals surface area contributed by atoms with Crippen molar-refractivity contribution in [3.8, 4) is 11.5 Å². The molecule has 0 aromatic heterocycles. The lowest BCUT2D eigenvalue weighted by Gasteiger charge is -2.37. The van der Waals surface area contributed by atoms with Crippen molar-refractivity contribution in [2.75, 3.05) is 49.8 Å². The van der Waals surface area contributed by atoms with E-state index in [1.54, 1.807) is 16.9 Å². The van der Waals surface area contributed by atoms with E-state index in [9.17, 15) is 19.8 Å². The second-order valence-corrected chi connectivity index (χ2v) is 22.7. The summed E-state index contributed by atoms with van der Waals surface area (Å²) in [7, 11) is -0.948. The summed E-state index contributed by atoms with van der Waals surface area (Å²) < 4.78 is 18.9. The summed E-state index contributed by atoms with van der Waals surface area (Å²) in [4.78, 5) is 50.2. The maximum absolute atomic E-state index is 15.7. The van der Waals surface area contributed by atoms with Gasteiger partial charge in [0.2, 0.25) is 11.8 Å². The molecule has 0 bridgehead atoms. The number of carbonyl (C=O) groups excluding carboxylic acids is 3. The average Bonchev–Trinajstić information content (AvgIpc) is 3.96. The number of carbonyl (C=O) groups is 3. The first-order valence-corrected chi connectivity index (χ1v) is 25.7. The largest absolute Gasteiger partial charge is 0.497 e. The third-order valence-corrected chi connectivity index (χ3v) is 18.4. The van der Waals surface area contributed by atoms with Crippen molar-refractivity contribution >= 4 is 48.0 Å². The lowest BCUT2D eigenvalue weighted by Crippen LogP contribution is -2.52. The zero-order valence-electron chi connectivity index (χ0n) is 37.2. The molecule has 2 saturated heterocycles. The first-order chi connectivity index (χ1) is 30.5. The molecule has 0 aliphatic carbocycles. The number of hydrogen-bond donors (Lipinski definition) is 3. The number of methoxy groups -OCH3 is 1. The van der Waals surface area contributed by atoms with Gasteiger partial charge in [0, 0.05) is 30.3 Å². The number of unbranched alkanes of at least 4 members (excludes halogenated alkanes) is 1. The molecule has 334 valence electrons. The Kier molecular flexibility index (Phi) is 13.1. The lowest BCUT2D eigenvalue weighted by molar-refractivity contribution is -0.150. The first kappa shape index (κ1) is 44.6. The molecule has 4 aliphatic rings. The van der Waals surface area contributed by atoms with Crippen molar-refractivity contribution in [2.24, 2.45) is 5.92 Å². The Labute approximate surface area is 372 Å². The quantitative estimate of drug-likeness (QED) is 0.0890. The van der Waals surface area contributed by atoms with Crippen LogP contribution in [0.1, 0.15) is 62.6 Å². The second kappa shape index (κ2) is 18.6. The van der Waals surface area contributed by atoms with E-state index < -0.39 is 25.8 Å². The van der Waals surface area contributed by atoms with Gasteiger partial charge in [-0.15, -0.1) is 0 Å². The van der Waals surface area contributed by atoms with E-state index >= 15 is 4.79 Å². The number of rotatable bonds is 16. The standard InChI is InChI=1S/C50H62N4O8Si/c1-6-61-39-19-23-43-35(27-39)28-42(51-24-10-11-26-55)48(58)54(43)36-16-22-44-41(29-36)50(49(59)53(44)31-34-13-8-7-9-14-34)33(2)47(63(4,5)40-20-17-38(60-3)18-21-40)45(62-50)30-46(57)52-25-12-15-37(52)32-56/h7-9,13-14,16-23,27,29,33,37,42,45,47,51,55-56H,6,10-12,15,24-26,28,30-32H2,1-5H3/t33-,37-,42?,45+,47-,50+/m0/s1. The van der Waals surface area contributed by atoms with E-state index in [2.05, 4.69) is 37.5 Å². The highest BCUT2D eigenvalue weighted by atomic mass is 28.3. The molecular formula is C50H62N4O8Si. The molecule has 6 atom stereocenters. The third kappa shape index (κ3) is 8.18. The number of aliphatic hydroxyl groups is 2. The number of amides is 3. The van der Waals surface area contributed by atoms with Gasteiger partial charge in [0.1, 0.15) is 11.5 Å². The van der Waals surface area contributed by atoms with Gasteiger partial charge in [-0.25, -0.2) is 0 Å². The number of fused-ring (bicyclic) bond motifs is 3. The van der Waals surface area contributed by atoms with Crippen LogP contribution in [-0.4, -0.2) is 99.1 Å². The number of anilines is 3. The van der Waals surface area contributed by atoms with Gasteiger partial charge in [-0.05, 0) is 111 Å². The van der Waals surface area contributed by atoms with Gasteiger partial charge in [-0.1, -0.05) is 67.7 Å². The number of ether oxygens (including phenoxy) is 3. The fourth-order valence-corrected chi connectivity index (χ4v) is 14.9. The second-order valence-electron chi connectivity index (χ2n) is 18.0. The van der Waals surface area contributed by atoms with Gasteiger partial charge < -0.3 is 39.5 Å². The number of benzene rings is 4. The highest BCUT2D eigenvalue weighted by Crippen LogP contribution is 2.61. The van der Waals surface area contributed by atoms with Crippen molar-refractivity contribution in [1.82, 2.24) is 10.2 Å². The summed E-state index contributed by atoms with van der Waals surface area (Å²) in [6, 6.07) is 29.0. The van der Waals surface area contributed by atoms with Gasteiger partial charge in [-0.3, -0.25) is 19.3 Å². The van der Waals surface area contributed by atoms with Gasteiger partial charge in [0.25, 0.3) is 5.91 Å². The number of likely N-dealkylation sites (tertiary alicyclic amines) is 1. The highest BCUT2D eigenvalue weighted by molar-refractivity contribution is 6.91. The van der Waals surface area contributed by atoms with Crippen molar-refractivity contribution in [1.29, 1.82) is 0 Å². The first-order valence-electron chi connectivity index (χ1n) is 22.6. The fraction of sp³-hybridized carbons (Fsp3) is 0.460. The van der Waals surface area contributed by atoms with Gasteiger partial charge in [0.15, 0.2) is 5.60 Å². The zero-order valence-corrected chi connectivity index (χ0v) is 38.2. The van der Waals surface area contributed by atoms with Crippen molar-refractivity contribution in [3.63, 3.8) is 0 Å². The van der Waals surface area contributed by atoms with Crippen LogP contribution in [0.3, 0.4) is 0 Å². The van der Waals surface area contributed by atoms with Gasteiger partial charge >= 0.3 is 0 Å².